The van der Waals surface area contributed by atoms with E-state index in [1.807, 2.05) is 18.2 Å². The van der Waals surface area contributed by atoms with Gasteiger partial charge in [-0.2, -0.15) is 0 Å². The molecule has 1 aliphatic rings. The van der Waals surface area contributed by atoms with Crippen molar-refractivity contribution >= 4 is 33.3 Å². The quantitative estimate of drug-likeness (QED) is 0.501. The van der Waals surface area contributed by atoms with Crippen LogP contribution in [-0.2, 0) is 23.0 Å². The van der Waals surface area contributed by atoms with Gasteiger partial charge in [-0.3, -0.25) is 9.88 Å². The van der Waals surface area contributed by atoms with Gasteiger partial charge in [-0.15, -0.1) is 12.4 Å². The van der Waals surface area contributed by atoms with Gasteiger partial charge in [0.1, 0.15) is 4.90 Å². The van der Waals surface area contributed by atoms with Gasteiger partial charge in [-0.1, -0.05) is 18.2 Å². The minimum atomic E-state index is -3.62. The molecule has 2 heterocycles. The smallest absolute Gasteiger partial charge is 0.242 e. The van der Waals surface area contributed by atoms with Crippen LogP contribution < -0.4 is 14.2 Å². The predicted octanol–water partition coefficient (Wildman–Crippen LogP) is 3.40. The van der Waals surface area contributed by atoms with Crippen LogP contribution >= 0.6 is 12.4 Å². The second kappa shape index (κ2) is 10.5. The first-order valence-corrected chi connectivity index (χ1v) is 11.8. The molecule has 1 aromatic heterocycles. The summed E-state index contributed by atoms with van der Waals surface area (Å²) in [6.45, 7) is 2.93. The number of nitrogens with one attached hydrogen (secondary N) is 1. The number of hydrogen-bond donors (Lipinski definition) is 1. The minimum Gasteiger partial charge on any atom is -0.493 e. The lowest BCUT2D eigenvalue weighted by Gasteiger charge is -2.29. The van der Waals surface area contributed by atoms with Crippen LogP contribution in [0.3, 0.4) is 0 Å². The fourth-order valence-electron chi connectivity index (χ4n) is 4.01. The van der Waals surface area contributed by atoms with E-state index in [0.717, 1.165) is 49.4 Å². The Kier molecular flexibility index (Phi) is 7.95. The van der Waals surface area contributed by atoms with Crippen molar-refractivity contribution in [2.45, 2.75) is 24.3 Å². The number of benzene rings is 2. The number of methoxy groups -OCH3 is 2. The lowest BCUT2D eigenvalue weighted by molar-refractivity contribution is 0.250. The summed E-state index contributed by atoms with van der Waals surface area (Å²) in [5, 5.41) is 0.810. The monoisotopic (exact) mass is 477 g/mol. The van der Waals surface area contributed by atoms with E-state index in [4.69, 9.17) is 9.47 Å². The molecular formula is C23H28ClN3O4S. The van der Waals surface area contributed by atoms with Crippen molar-refractivity contribution in [2.75, 3.05) is 33.9 Å². The maximum Gasteiger partial charge on any atom is 0.242 e. The molecule has 0 saturated heterocycles. The summed E-state index contributed by atoms with van der Waals surface area (Å²) in [5.41, 5.74) is 3.00. The Hall–Kier alpha value is -2.39. The lowest BCUT2D eigenvalue weighted by atomic mass is 9.98. The van der Waals surface area contributed by atoms with Crippen molar-refractivity contribution in [3.05, 3.63) is 59.8 Å². The van der Waals surface area contributed by atoms with Gasteiger partial charge in [-0.25, -0.2) is 13.1 Å². The van der Waals surface area contributed by atoms with E-state index in [1.54, 1.807) is 38.6 Å². The molecule has 7 nitrogen and oxygen atoms in total. The van der Waals surface area contributed by atoms with Crippen LogP contribution in [-0.4, -0.2) is 52.2 Å². The third-order valence-corrected chi connectivity index (χ3v) is 7.12. The molecule has 172 valence electrons. The van der Waals surface area contributed by atoms with Gasteiger partial charge in [0.2, 0.25) is 10.0 Å². The van der Waals surface area contributed by atoms with Crippen LogP contribution in [0.15, 0.2) is 53.6 Å². The zero-order valence-electron chi connectivity index (χ0n) is 18.2. The molecule has 4 rings (SSSR count). The predicted molar refractivity (Wildman–Crippen MR) is 127 cm³/mol. The van der Waals surface area contributed by atoms with Gasteiger partial charge in [0.05, 0.1) is 19.7 Å². The third-order valence-electron chi connectivity index (χ3n) is 5.63. The number of ether oxygens (including phenoxy) is 2. The van der Waals surface area contributed by atoms with Crippen LogP contribution in [0.25, 0.3) is 10.9 Å². The average Bonchev–Trinajstić information content (AvgIpc) is 2.80. The first-order valence-electron chi connectivity index (χ1n) is 10.3. The van der Waals surface area contributed by atoms with E-state index in [0.29, 0.717) is 12.1 Å². The van der Waals surface area contributed by atoms with E-state index in [2.05, 4.69) is 20.7 Å². The summed E-state index contributed by atoms with van der Waals surface area (Å²) in [5.74, 6) is 1.49. The van der Waals surface area contributed by atoms with Gasteiger partial charge >= 0.3 is 0 Å². The van der Waals surface area contributed by atoms with E-state index in [1.165, 1.54) is 11.1 Å². The molecule has 1 N–H and O–H groups in total. The number of fused-ring (bicyclic) bond motifs is 2. The molecule has 0 fully saturated rings. The maximum atomic E-state index is 12.8. The summed E-state index contributed by atoms with van der Waals surface area (Å²) in [6, 6.07) is 13.0. The largest absolute Gasteiger partial charge is 0.493 e. The minimum absolute atomic E-state index is 0. The summed E-state index contributed by atoms with van der Waals surface area (Å²) in [4.78, 5) is 6.81. The second-order valence-corrected chi connectivity index (χ2v) is 9.32. The summed E-state index contributed by atoms with van der Waals surface area (Å²) < 4.78 is 39.1. The molecule has 0 bridgehead atoms. The normalized spacial score (nSPS) is 13.9. The Labute approximate surface area is 195 Å². The van der Waals surface area contributed by atoms with Crippen LogP contribution in [0.1, 0.15) is 17.5 Å². The van der Waals surface area contributed by atoms with Crippen molar-refractivity contribution in [3.8, 4) is 11.5 Å². The van der Waals surface area contributed by atoms with Crippen LogP contribution in [0.5, 0.6) is 11.5 Å². The van der Waals surface area contributed by atoms with Crippen LogP contribution in [0.2, 0.25) is 0 Å². The molecule has 0 atom stereocenters. The van der Waals surface area contributed by atoms with Crippen molar-refractivity contribution in [1.29, 1.82) is 0 Å². The Morgan fingerprint density at radius 1 is 1.06 bits per heavy atom. The maximum absolute atomic E-state index is 12.8. The number of pyridine rings is 1. The zero-order valence-corrected chi connectivity index (χ0v) is 19.8. The first kappa shape index (κ1) is 24.3. The fraction of sp³-hybridized carbons (Fsp3) is 0.348. The molecular weight excluding hydrogens is 450 g/mol. The van der Waals surface area contributed by atoms with Crippen LogP contribution in [0.4, 0.5) is 0 Å². The van der Waals surface area contributed by atoms with Gasteiger partial charge in [-0.05, 0) is 54.8 Å². The topological polar surface area (TPSA) is 80.8 Å². The Balaban J connectivity index is 0.00000289. The molecule has 9 heteroatoms. The standard InChI is InChI=1S/C23H27N3O4S.ClH/c1-29-20-14-18-9-13-26(16-19(18)15-21(20)30-2)12-5-11-25-31(27,28)22-8-3-6-17-7-4-10-24-23(17)22;/h3-4,6-8,10,14-15,25H,5,9,11-13,16H2,1-2H3;1H. The molecule has 0 saturated carbocycles. The molecule has 3 aromatic rings. The SMILES string of the molecule is COc1cc2c(cc1OC)CN(CCCNS(=O)(=O)c1cccc3cccnc13)CC2.Cl. The second-order valence-electron chi connectivity index (χ2n) is 7.58. The molecule has 1 aliphatic heterocycles. The van der Waals surface area contributed by atoms with E-state index in [-0.39, 0.29) is 17.3 Å². The van der Waals surface area contributed by atoms with E-state index < -0.39 is 10.0 Å². The van der Waals surface area contributed by atoms with Gasteiger partial charge in [0.15, 0.2) is 11.5 Å². The Morgan fingerprint density at radius 2 is 1.78 bits per heavy atom. The van der Waals surface area contributed by atoms with E-state index >= 15 is 0 Å². The fourth-order valence-corrected chi connectivity index (χ4v) is 5.26. The number of aromatic nitrogens is 1. The lowest BCUT2D eigenvalue weighted by Crippen LogP contribution is -2.34. The summed E-state index contributed by atoms with van der Waals surface area (Å²) >= 11 is 0. The molecule has 0 unspecified atom stereocenters. The van der Waals surface area contributed by atoms with Crippen molar-refractivity contribution in [1.82, 2.24) is 14.6 Å². The molecule has 32 heavy (non-hydrogen) atoms. The van der Waals surface area contributed by atoms with Crippen molar-refractivity contribution in [3.63, 3.8) is 0 Å². The highest BCUT2D eigenvalue weighted by Crippen LogP contribution is 2.33. The summed E-state index contributed by atoms with van der Waals surface area (Å²) in [7, 11) is -0.328. The van der Waals surface area contributed by atoms with Crippen molar-refractivity contribution in [2.24, 2.45) is 0 Å². The molecule has 2 aromatic carbocycles. The zero-order chi connectivity index (χ0) is 21.8. The number of nitrogens with zero attached hydrogens (tertiary/aromatic N) is 2. The van der Waals surface area contributed by atoms with Gasteiger partial charge < -0.3 is 9.47 Å². The molecule has 0 radical (unpaired) electrons. The molecule has 0 aliphatic carbocycles. The summed E-state index contributed by atoms with van der Waals surface area (Å²) in [6.07, 6.45) is 3.27. The van der Waals surface area contributed by atoms with E-state index in [9.17, 15) is 8.42 Å². The van der Waals surface area contributed by atoms with Gasteiger partial charge in [0.25, 0.3) is 0 Å². The highest BCUT2D eigenvalue weighted by molar-refractivity contribution is 7.89. The third kappa shape index (κ3) is 5.15. The molecule has 0 spiro atoms. The number of halogens is 1. The van der Waals surface area contributed by atoms with Gasteiger partial charge in [0, 0.05) is 31.2 Å². The highest BCUT2D eigenvalue weighted by atomic mass is 35.5. The molecule has 0 amide bonds. The highest BCUT2D eigenvalue weighted by Gasteiger charge is 2.20. The number of rotatable bonds is 8. The number of para-hydroxylation sites is 1. The first-order chi connectivity index (χ1) is 15.0. The Morgan fingerprint density at radius 3 is 2.53 bits per heavy atom. The average molecular weight is 478 g/mol. The number of hydrogen-bond acceptors (Lipinski definition) is 6. The number of sulfonamides is 1. The van der Waals surface area contributed by atoms with Crippen LogP contribution in [0, 0.1) is 0 Å². The Bertz CT molecular complexity index is 1180. The van der Waals surface area contributed by atoms with Crippen molar-refractivity contribution < 1.29 is 17.9 Å².